The molecule has 0 radical (unpaired) electrons. The first-order valence-electron chi connectivity index (χ1n) is 4.44. The molecule has 0 amide bonds. The number of aromatic nitrogens is 1. The molecule has 72 valence electrons. The van der Waals surface area contributed by atoms with Crippen molar-refractivity contribution >= 4 is 16.6 Å². The van der Waals surface area contributed by atoms with Crippen molar-refractivity contribution in [2.45, 2.75) is 13.8 Å². The van der Waals surface area contributed by atoms with Gasteiger partial charge in [0.15, 0.2) is 0 Å². The Bertz CT molecular complexity index is 459. The molecule has 0 aliphatic carbocycles. The number of rotatable bonds is 0. The minimum absolute atomic E-state index is 0.0582. The van der Waals surface area contributed by atoms with Crippen molar-refractivity contribution in [2.24, 2.45) is 0 Å². The van der Waals surface area contributed by atoms with Gasteiger partial charge in [-0.05, 0) is 37.1 Å². The molecule has 2 aromatic rings. The van der Waals surface area contributed by atoms with E-state index in [0.29, 0.717) is 0 Å². The summed E-state index contributed by atoms with van der Waals surface area (Å²) in [6, 6.07) is 5.37. The number of hydrogen-bond donors (Lipinski definition) is 2. The zero-order valence-corrected chi connectivity index (χ0v) is 8.20. The van der Waals surface area contributed by atoms with Gasteiger partial charge < -0.3 is 10.8 Å². The van der Waals surface area contributed by atoms with E-state index in [1.807, 2.05) is 26.0 Å². The van der Waals surface area contributed by atoms with E-state index in [1.165, 1.54) is 0 Å². The monoisotopic (exact) mass is 188 g/mol. The molecule has 1 aromatic carbocycles. The van der Waals surface area contributed by atoms with Gasteiger partial charge in [0.25, 0.3) is 0 Å². The second-order valence-electron chi connectivity index (χ2n) is 3.53. The number of pyridine rings is 1. The molecule has 3 N–H and O–H groups in total. The number of nitrogens with zero attached hydrogens (tertiary/aromatic N) is 1. The van der Waals surface area contributed by atoms with Crippen molar-refractivity contribution in [1.29, 1.82) is 0 Å². The van der Waals surface area contributed by atoms with Gasteiger partial charge in [0, 0.05) is 17.1 Å². The van der Waals surface area contributed by atoms with Crippen LogP contribution in [0.1, 0.15) is 11.1 Å². The van der Waals surface area contributed by atoms with Gasteiger partial charge >= 0.3 is 0 Å². The maximum atomic E-state index is 9.36. The topological polar surface area (TPSA) is 59.1 Å². The molecule has 1 aromatic heterocycles. The first-order valence-corrected chi connectivity index (χ1v) is 4.44. The van der Waals surface area contributed by atoms with Gasteiger partial charge in [-0.2, -0.15) is 0 Å². The molecular formula is C11H12N2O. The summed E-state index contributed by atoms with van der Waals surface area (Å²) in [4.78, 5) is 4.08. The number of nitrogens with two attached hydrogens (primary N) is 1. The first-order chi connectivity index (χ1) is 6.58. The van der Waals surface area contributed by atoms with E-state index in [9.17, 15) is 5.11 Å². The van der Waals surface area contributed by atoms with Crippen LogP contribution in [0.5, 0.6) is 5.88 Å². The molecule has 0 aliphatic heterocycles. The molecule has 0 unspecified atom stereocenters. The lowest BCUT2D eigenvalue weighted by Gasteiger charge is -2.06. The van der Waals surface area contributed by atoms with Gasteiger partial charge in [-0.15, -0.1) is 0 Å². The number of aryl methyl sites for hydroxylation is 2. The minimum Gasteiger partial charge on any atom is -0.493 e. The summed E-state index contributed by atoms with van der Waals surface area (Å²) in [5.74, 6) is 0.0582. The zero-order valence-electron chi connectivity index (χ0n) is 8.20. The molecule has 2 rings (SSSR count). The highest BCUT2D eigenvalue weighted by molar-refractivity contribution is 5.88. The van der Waals surface area contributed by atoms with E-state index >= 15 is 0 Å². The highest BCUT2D eigenvalue weighted by Gasteiger charge is 2.05. The smallest absolute Gasteiger partial charge is 0.211 e. The van der Waals surface area contributed by atoms with Gasteiger partial charge in [-0.25, -0.2) is 4.98 Å². The third-order valence-electron chi connectivity index (χ3n) is 2.32. The fourth-order valence-corrected chi connectivity index (χ4v) is 1.67. The molecule has 0 saturated carbocycles. The van der Waals surface area contributed by atoms with Gasteiger partial charge in [-0.3, -0.25) is 0 Å². The zero-order chi connectivity index (χ0) is 10.3. The van der Waals surface area contributed by atoms with Gasteiger partial charge in [0.05, 0.1) is 5.52 Å². The van der Waals surface area contributed by atoms with E-state index < -0.39 is 0 Å². The second kappa shape index (κ2) is 2.87. The number of aromatic hydroxyl groups is 1. The Morgan fingerprint density at radius 1 is 1.14 bits per heavy atom. The van der Waals surface area contributed by atoms with Crippen LogP contribution in [0.25, 0.3) is 10.9 Å². The average Bonchev–Trinajstić information content (AvgIpc) is 2.07. The molecule has 3 nitrogen and oxygen atoms in total. The Kier molecular flexibility index (Phi) is 1.81. The van der Waals surface area contributed by atoms with Crippen LogP contribution in [0.15, 0.2) is 18.2 Å². The minimum atomic E-state index is 0.0582. The summed E-state index contributed by atoms with van der Waals surface area (Å²) in [5, 5.41) is 10.4. The Balaban J connectivity index is 2.94. The van der Waals surface area contributed by atoms with Crippen LogP contribution in [0.4, 0.5) is 5.69 Å². The molecule has 3 heteroatoms. The van der Waals surface area contributed by atoms with Gasteiger partial charge in [-0.1, -0.05) is 0 Å². The average molecular weight is 188 g/mol. The quantitative estimate of drug-likeness (QED) is 0.623. The highest BCUT2D eigenvalue weighted by Crippen LogP contribution is 2.25. The Morgan fingerprint density at radius 3 is 2.57 bits per heavy atom. The molecule has 0 aliphatic rings. The lowest BCUT2D eigenvalue weighted by atomic mass is 10.1. The van der Waals surface area contributed by atoms with Gasteiger partial charge in [0.2, 0.25) is 5.88 Å². The molecular weight excluding hydrogens is 176 g/mol. The van der Waals surface area contributed by atoms with E-state index in [-0.39, 0.29) is 5.88 Å². The molecule has 1 heterocycles. The number of nitrogen functional groups attached to an aromatic ring is 1. The third-order valence-corrected chi connectivity index (χ3v) is 2.32. The number of anilines is 1. The van der Waals surface area contributed by atoms with E-state index in [0.717, 1.165) is 27.7 Å². The van der Waals surface area contributed by atoms with Gasteiger partial charge in [0.1, 0.15) is 0 Å². The van der Waals surface area contributed by atoms with Crippen LogP contribution in [0.3, 0.4) is 0 Å². The van der Waals surface area contributed by atoms with Crippen molar-refractivity contribution in [3.63, 3.8) is 0 Å². The van der Waals surface area contributed by atoms with E-state index in [2.05, 4.69) is 4.98 Å². The van der Waals surface area contributed by atoms with Crippen LogP contribution in [-0.2, 0) is 0 Å². The van der Waals surface area contributed by atoms with Crippen LogP contribution < -0.4 is 5.73 Å². The molecule has 0 fully saturated rings. The Labute approximate surface area is 82.2 Å². The van der Waals surface area contributed by atoms with Crippen molar-refractivity contribution in [3.05, 3.63) is 29.3 Å². The number of fused-ring (bicyclic) bond motifs is 1. The summed E-state index contributed by atoms with van der Waals surface area (Å²) in [6.45, 7) is 3.87. The fourth-order valence-electron chi connectivity index (χ4n) is 1.67. The SMILES string of the molecule is Cc1cc(O)nc2c(C)cc(N)cc12. The largest absolute Gasteiger partial charge is 0.493 e. The predicted octanol–water partition coefficient (Wildman–Crippen LogP) is 2.14. The molecule has 0 saturated heterocycles. The number of hydrogen-bond acceptors (Lipinski definition) is 3. The van der Waals surface area contributed by atoms with Crippen LogP contribution in [0.2, 0.25) is 0 Å². The van der Waals surface area contributed by atoms with Crippen LogP contribution >= 0.6 is 0 Å². The first kappa shape index (κ1) is 8.81. The third kappa shape index (κ3) is 1.27. The standard InChI is InChI=1S/C11H12N2O/c1-6-4-10(14)13-11-7(2)3-8(12)5-9(6)11/h3-5H,12H2,1-2H3,(H,13,14). The summed E-state index contributed by atoms with van der Waals surface area (Å²) in [5.41, 5.74) is 9.26. The maximum Gasteiger partial charge on any atom is 0.211 e. The van der Waals surface area contributed by atoms with E-state index in [4.69, 9.17) is 5.73 Å². The summed E-state index contributed by atoms with van der Waals surface area (Å²) in [7, 11) is 0. The van der Waals surface area contributed by atoms with Crippen molar-refractivity contribution < 1.29 is 5.11 Å². The number of benzene rings is 1. The maximum absolute atomic E-state index is 9.36. The lowest BCUT2D eigenvalue weighted by molar-refractivity contribution is 0.455. The summed E-state index contributed by atoms with van der Waals surface area (Å²) < 4.78 is 0. The van der Waals surface area contributed by atoms with Crippen LogP contribution in [-0.4, -0.2) is 10.1 Å². The Morgan fingerprint density at radius 2 is 1.86 bits per heavy atom. The molecule has 0 atom stereocenters. The lowest BCUT2D eigenvalue weighted by Crippen LogP contribution is -1.91. The normalized spacial score (nSPS) is 10.7. The fraction of sp³-hybridized carbons (Fsp3) is 0.182. The van der Waals surface area contributed by atoms with Crippen molar-refractivity contribution in [2.75, 3.05) is 5.73 Å². The highest BCUT2D eigenvalue weighted by atomic mass is 16.3. The van der Waals surface area contributed by atoms with Crippen molar-refractivity contribution in [1.82, 2.24) is 4.98 Å². The Hall–Kier alpha value is -1.77. The summed E-state index contributed by atoms with van der Waals surface area (Å²) in [6.07, 6.45) is 0. The van der Waals surface area contributed by atoms with Crippen molar-refractivity contribution in [3.8, 4) is 5.88 Å². The van der Waals surface area contributed by atoms with E-state index in [1.54, 1.807) is 6.07 Å². The molecule has 14 heavy (non-hydrogen) atoms. The molecule has 0 bridgehead atoms. The second-order valence-corrected chi connectivity index (χ2v) is 3.53. The predicted molar refractivity (Wildman–Crippen MR) is 57.3 cm³/mol. The summed E-state index contributed by atoms with van der Waals surface area (Å²) >= 11 is 0. The molecule has 0 spiro atoms. The van der Waals surface area contributed by atoms with Crippen LogP contribution in [0, 0.1) is 13.8 Å².